The van der Waals surface area contributed by atoms with Crippen LogP contribution in [0.25, 0.3) is 0 Å². The van der Waals surface area contributed by atoms with Gasteiger partial charge in [0, 0.05) is 0 Å². The van der Waals surface area contributed by atoms with Crippen molar-refractivity contribution >= 4 is 18.0 Å². The highest BCUT2D eigenvalue weighted by Gasteiger charge is 2.63. The van der Waals surface area contributed by atoms with Gasteiger partial charge in [0.2, 0.25) is 0 Å². The van der Waals surface area contributed by atoms with Gasteiger partial charge in [0.05, 0.1) is 16.8 Å². The molecular formula is C27H55O3PSi. The summed E-state index contributed by atoms with van der Waals surface area (Å²) in [7, 11) is -0.322. The maximum absolute atomic E-state index is 7.18. The fourth-order valence-corrected chi connectivity index (χ4v) is 9.42. The summed E-state index contributed by atoms with van der Waals surface area (Å²) < 4.78 is 20.4. The lowest BCUT2D eigenvalue weighted by Crippen LogP contribution is -2.68. The monoisotopic (exact) mass is 486 g/mol. The van der Waals surface area contributed by atoms with Crippen LogP contribution in [0.1, 0.15) is 129 Å². The first-order valence-electron chi connectivity index (χ1n) is 12.7. The minimum absolute atomic E-state index is 0.386. The van der Waals surface area contributed by atoms with Crippen molar-refractivity contribution in [2.24, 2.45) is 11.8 Å². The first kappa shape index (κ1) is 32.1. The van der Waals surface area contributed by atoms with E-state index in [-0.39, 0.29) is 5.60 Å². The molecule has 0 aromatic heterocycles. The van der Waals surface area contributed by atoms with Crippen LogP contribution in [0.3, 0.4) is 0 Å². The zero-order valence-electron chi connectivity index (χ0n) is 23.7. The molecule has 0 radical (unpaired) electrons. The molecule has 5 heteroatoms. The van der Waals surface area contributed by atoms with Crippen molar-refractivity contribution in [1.29, 1.82) is 0 Å². The normalized spacial score (nSPS) is 16.5. The van der Waals surface area contributed by atoms with E-state index in [0.29, 0.717) is 11.8 Å². The van der Waals surface area contributed by atoms with Crippen molar-refractivity contribution in [3.05, 3.63) is 0 Å². The molecule has 0 bridgehead atoms. The van der Waals surface area contributed by atoms with Gasteiger partial charge in [-0.05, 0) is 93.4 Å². The van der Waals surface area contributed by atoms with Gasteiger partial charge in [-0.25, -0.2) is 0 Å². The van der Waals surface area contributed by atoms with Crippen molar-refractivity contribution in [1.82, 2.24) is 0 Å². The Kier molecular flexibility index (Phi) is 12.7. The Bertz CT molecular complexity index is 591. The molecule has 0 saturated heterocycles. The molecule has 0 saturated carbocycles. The van der Waals surface area contributed by atoms with Gasteiger partial charge in [-0.15, -0.1) is 15.2 Å². The SMILES string of the molecule is CC#CC(P)(CCC)[Si](OC(C)(C)C)(OC(C)(C)C)OC(C)(C)CC(CCC)CC(C)C. The van der Waals surface area contributed by atoms with E-state index in [1.54, 1.807) is 0 Å². The summed E-state index contributed by atoms with van der Waals surface area (Å²) in [6.07, 6.45) is 6.43. The van der Waals surface area contributed by atoms with Crippen molar-refractivity contribution in [3.63, 3.8) is 0 Å². The van der Waals surface area contributed by atoms with Crippen LogP contribution in [-0.4, -0.2) is 30.4 Å². The van der Waals surface area contributed by atoms with E-state index in [1.807, 2.05) is 6.92 Å². The molecule has 0 aliphatic heterocycles. The summed E-state index contributed by atoms with van der Waals surface area (Å²) in [5, 5.41) is 0. The van der Waals surface area contributed by atoms with E-state index in [9.17, 15) is 0 Å². The smallest absolute Gasteiger partial charge is 0.367 e. The van der Waals surface area contributed by atoms with E-state index in [1.165, 1.54) is 19.3 Å². The third-order valence-corrected chi connectivity index (χ3v) is 10.7. The number of hydrogen-bond acceptors (Lipinski definition) is 3. The summed E-state index contributed by atoms with van der Waals surface area (Å²) in [6.45, 7) is 28.0. The Labute approximate surface area is 205 Å². The summed E-state index contributed by atoms with van der Waals surface area (Å²) in [5.41, 5.74) is -1.22. The lowest BCUT2D eigenvalue weighted by atomic mass is 9.84. The highest BCUT2D eigenvalue weighted by molar-refractivity contribution is 7.26. The number of hydrogen-bond donors (Lipinski definition) is 0. The standard InChI is InChI=1S/C27H55O3PSi/c1-14-17-23(20-22(4)5)21-26(12,13)30-32(28-24(6,7)8,29-25(9,10)11)27(31,18-15-2)19-16-3/h22-23H,14-15,17-18,20-21,31H2,1-13H3. The van der Waals surface area contributed by atoms with Gasteiger partial charge in [0.1, 0.15) is 4.78 Å². The topological polar surface area (TPSA) is 27.7 Å². The van der Waals surface area contributed by atoms with Crippen molar-refractivity contribution < 1.29 is 13.3 Å². The van der Waals surface area contributed by atoms with E-state index in [4.69, 9.17) is 13.3 Å². The molecule has 0 heterocycles. The Hall–Kier alpha value is 0.0869. The van der Waals surface area contributed by atoms with Gasteiger partial charge in [-0.2, -0.15) is 0 Å². The van der Waals surface area contributed by atoms with Crippen LogP contribution in [0.2, 0.25) is 0 Å². The zero-order valence-corrected chi connectivity index (χ0v) is 25.9. The van der Waals surface area contributed by atoms with Crippen molar-refractivity contribution in [2.75, 3.05) is 0 Å². The predicted molar refractivity (Wildman–Crippen MR) is 146 cm³/mol. The quantitative estimate of drug-likeness (QED) is 0.149. The molecule has 3 unspecified atom stereocenters. The summed E-state index contributed by atoms with van der Waals surface area (Å²) >= 11 is 0. The Morgan fingerprint density at radius 3 is 1.69 bits per heavy atom. The first-order chi connectivity index (χ1) is 14.3. The van der Waals surface area contributed by atoms with Crippen LogP contribution >= 0.6 is 9.24 Å². The third-order valence-electron chi connectivity index (χ3n) is 5.11. The maximum Gasteiger partial charge on any atom is 0.525 e. The van der Waals surface area contributed by atoms with Gasteiger partial charge in [-0.3, -0.25) is 0 Å². The van der Waals surface area contributed by atoms with Gasteiger partial charge in [-0.1, -0.05) is 52.9 Å². The largest absolute Gasteiger partial charge is 0.525 e. The maximum atomic E-state index is 7.18. The molecule has 0 amide bonds. The molecule has 0 spiro atoms. The fourth-order valence-electron chi connectivity index (χ4n) is 4.53. The van der Waals surface area contributed by atoms with Crippen LogP contribution in [-0.2, 0) is 13.3 Å². The minimum atomic E-state index is -3.34. The molecule has 0 aromatic carbocycles. The van der Waals surface area contributed by atoms with Crippen molar-refractivity contribution in [2.45, 2.75) is 150 Å². The second kappa shape index (κ2) is 12.7. The average Bonchev–Trinajstić information content (AvgIpc) is 2.50. The lowest BCUT2D eigenvalue weighted by molar-refractivity contribution is -0.0909. The fraction of sp³-hybridized carbons (Fsp3) is 0.926. The Morgan fingerprint density at radius 2 is 1.34 bits per heavy atom. The molecule has 0 aliphatic carbocycles. The minimum Gasteiger partial charge on any atom is -0.367 e. The van der Waals surface area contributed by atoms with Gasteiger partial charge in [0.15, 0.2) is 0 Å². The molecule has 32 heavy (non-hydrogen) atoms. The summed E-state index contributed by atoms with van der Waals surface area (Å²) in [6, 6.07) is 0. The first-order valence-corrected chi connectivity index (χ1v) is 15.0. The van der Waals surface area contributed by atoms with E-state index < -0.39 is 24.8 Å². The van der Waals surface area contributed by atoms with Crippen LogP contribution in [0.15, 0.2) is 0 Å². The molecule has 3 nitrogen and oxygen atoms in total. The summed E-state index contributed by atoms with van der Waals surface area (Å²) in [5.74, 6) is 7.94. The number of rotatable bonds is 13. The van der Waals surface area contributed by atoms with Gasteiger partial charge < -0.3 is 13.3 Å². The second-order valence-corrected chi connectivity index (χ2v) is 16.6. The lowest BCUT2D eigenvalue weighted by Gasteiger charge is -2.50. The average molecular weight is 487 g/mol. The van der Waals surface area contributed by atoms with Crippen LogP contribution in [0.5, 0.6) is 0 Å². The van der Waals surface area contributed by atoms with Gasteiger partial charge in [0.25, 0.3) is 0 Å². The van der Waals surface area contributed by atoms with E-state index in [0.717, 1.165) is 19.3 Å². The molecule has 0 N–H and O–H groups in total. The second-order valence-electron chi connectivity index (χ2n) is 12.4. The third kappa shape index (κ3) is 11.5. The van der Waals surface area contributed by atoms with Crippen LogP contribution in [0.4, 0.5) is 0 Å². The van der Waals surface area contributed by atoms with Crippen LogP contribution in [0, 0.1) is 23.7 Å². The predicted octanol–water partition coefficient (Wildman–Crippen LogP) is 8.18. The zero-order chi connectivity index (χ0) is 25.4. The van der Waals surface area contributed by atoms with Crippen LogP contribution < -0.4 is 0 Å². The molecule has 190 valence electrons. The highest BCUT2D eigenvalue weighted by Crippen LogP contribution is 2.45. The Balaban J connectivity index is 6.57. The van der Waals surface area contributed by atoms with Crippen molar-refractivity contribution in [3.8, 4) is 11.8 Å². The summed E-state index contributed by atoms with van der Waals surface area (Å²) in [4.78, 5) is 0. The molecular weight excluding hydrogens is 431 g/mol. The molecule has 0 aromatic rings. The Morgan fingerprint density at radius 1 is 0.844 bits per heavy atom. The van der Waals surface area contributed by atoms with E-state index >= 15 is 0 Å². The van der Waals surface area contributed by atoms with Gasteiger partial charge >= 0.3 is 8.80 Å². The molecule has 0 aliphatic rings. The molecule has 0 rings (SSSR count). The van der Waals surface area contributed by atoms with E-state index in [2.05, 4.69) is 104 Å². The molecule has 3 atom stereocenters. The highest BCUT2D eigenvalue weighted by atomic mass is 31.0. The molecule has 0 fully saturated rings.